The Hall–Kier alpha value is -1.47. The van der Waals surface area contributed by atoms with Crippen molar-refractivity contribution < 1.29 is 24.6 Å². The van der Waals surface area contributed by atoms with Crippen molar-refractivity contribution in [2.75, 3.05) is 19.8 Å². The Kier molecular flexibility index (Phi) is 4.80. The molecule has 1 aliphatic heterocycles. The molecule has 0 aromatic heterocycles. The van der Waals surface area contributed by atoms with Crippen molar-refractivity contribution in [1.82, 2.24) is 10.2 Å². The summed E-state index contributed by atoms with van der Waals surface area (Å²) in [5.74, 6) is -0.951. The van der Waals surface area contributed by atoms with Crippen LogP contribution in [0.15, 0.2) is 0 Å². The van der Waals surface area contributed by atoms with E-state index in [4.69, 9.17) is 10.2 Å². The molecular weight excluding hydrogens is 240 g/mol. The Labute approximate surface area is 105 Å². The monoisotopic (exact) mass is 258 g/mol. The third kappa shape index (κ3) is 3.51. The Bertz CT molecular complexity index is 335. The van der Waals surface area contributed by atoms with Gasteiger partial charge in [-0.25, -0.2) is 0 Å². The topological polar surface area (TPSA) is 107 Å². The molecule has 1 saturated heterocycles. The molecule has 1 fully saturated rings. The summed E-state index contributed by atoms with van der Waals surface area (Å²) in [5.41, 5.74) is -1.09. The molecule has 0 saturated carbocycles. The molecule has 0 spiro atoms. The maximum absolute atomic E-state index is 11.6. The van der Waals surface area contributed by atoms with E-state index in [0.717, 1.165) is 4.90 Å². The summed E-state index contributed by atoms with van der Waals surface area (Å²) in [6.45, 7) is 0.751. The molecule has 3 N–H and O–H groups in total. The van der Waals surface area contributed by atoms with Gasteiger partial charge in [0, 0.05) is 25.8 Å². The first kappa shape index (κ1) is 14.6. The molecule has 0 aromatic rings. The van der Waals surface area contributed by atoms with Crippen LogP contribution in [0, 0.1) is 0 Å². The number of nitrogens with zero attached hydrogens (tertiary/aromatic N) is 1. The van der Waals surface area contributed by atoms with Gasteiger partial charge in [0.2, 0.25) is 17.7 Å². The summed E-state index contributed by atoms with van der Waals surface area (Å²) >= 11 is 0. The van der Waals surface area contributed by atoms with Crippen LogP contribution in [0.5, 0.6) is 0 Å². The molecule has 0 aromatic carbocycles. The van der Waals surface area contributed by atoms with Gasteiger partial charge in [-0.2, -0.15) is 0 Å². The number of rotatable bonds is 6. The SMILES string of the molecule is CC(CO)(CO)NC(=O)CCN1C(=O)CCC1=O. The molecule has 1 aliphatic rings. The number of nitrogens with one attached hydrogen (secondary N) is 1. The van der Waals surface area contributed by atoms with Crippen LogP contribution in [0.4, 0.5) is 0 Å². The van der Waals surface area contributed by atoms with Crippen molar-refractivity contribution in [3.8, 4) is 0 Å². The van der Waals surface area contributed by atoms with E-state index in [1.807, 2.05) is 0 Å². The maximum atomic E-state index is 11.6. The number of aliphatic hydroxyl groups excluding tert-OH is 2. The summed E-state index contributed by atoms with van der Waals surface area (Å²) in [6, 6.07) is 0. The highest BCUT2D eigenvalue weighted by Gasteiger charge is 2.30. The normalized spacial score (nSPS) is 16.3. The standard InChI is InChI=1S/C11H18N2O5/c1-11(6-14,7-15)12-8(16)4-5-13-9(17)2-3-10(13)18/h14-15H,2-7H2,1H3,(H,12,16). The number of carbonyl (C=O) groups is 3. The van der Waals surface area contributed by atoms with Gasteiger partial charge in [0.15, 0.2) is 0 Å². The highest BCUT2D eigenvalue weighted by atomic mass is 16.3. The molecule has 0 radical (unpaired) electrons. The van der Waals surface area contributed by atoms with Gasteiger partial charge >= 0.3 is 0 Å². The van der Waals surface area contributed by atoms with Crippen LogP contribution in [0.1, 0.15) is 26.2 Å². The summed E-state index contributed by atoms with van der Waals surface area (Å²) in [5, 5.41) is 20.5. The molecule has 7 nitrogen and oxygen atoms in total. The zero-order chi connectivity index (χ0) is 13.8. The first-order valence-corrected chi connectivity index (χ1v) is 5.78. The average Bonchev–Trinajstić information content (AvgIpc) is 2.66. The Morgan fingerprint density at radius 1 is 1.28 bits per heavy atom. The van der Waals surface area contributed by atoms with Gasteiger partial charge in [-0.15, -0.1) is 0 Å². The fourth-order valence-electron chi connectivity index (χ4n) is 1.61. The Balaban J connectivity index is 2.42. The number of likely N-dealkylation sites (tertiary alicyclic amines) is 1. The van der Waals surface area contributed by atoms with Gasteiger partial charge in [0.05, 0.1) is 18.8 Å². The second-order valence-corrected chi connectivity index (χ2v) is 4.61. The van der Waals surface area contributed by atoms with Crippen LogP contribution in [0.25, 0.3) is 0 Å². The largest absolute Gasteiger partial charge is 0.394 e. The first-order chi connectivity index (χ1) is 8.41. The molecule has 0 atom stereocenters. The Morgan fingerprint density at radius 2 is 1.78 bits per heavy atom. The van der Waals surface area contributed by atoms with E-state index >= 15 is 0 Å². The quantitative estimate of drug-likeness (QED) is 0.497. The van der Waals surface area contributed by atoms with Crippen molar-refractivity contribution in [2.24, 2.45) is 0 Å². The molecule has 0 aliphatic carbocycles. The van der Waals surface area contributed by atoms with E-state index in [-0.39, 0.29) is 37.6 Å². The number of aliphatic hydroxyl groups is 2. The van der Waals surface area contributed by atoms with Crippen LogP contribution in [0.2, 0.25) is 0 Å². The van der Waals surface area contributed by atoms with E-state index < -0.39 is 24.7 Å². The highest BCUT2D eigenvalue weighted by molar-refractivity contribution is 6.02. The minimum atomic E-state index is -1.09. The lowest BCUT2D eigenvalue weighted by atomic mass is 10.1. The molecule has 0 unspecified atom stereocenters. The van der Waals surface area contributed by atoms with Crippen LogP contribution < -0.4 is 5.32 Å². The minimum Gasteiger partial charge on any atom is -0.394 e. The molecular formula is C11H18N2O5. The average molecular weight is 258 g/mol. The van der Waals surface area contributed by atoms with E-state index in [1.54, 1.807) is 0 Å². The lowest BCUT2D eigenvalue weighted by molar-refractivity contribution is -0.138. The highest BCUT2D eigenvalue weighted by Crippen LogP contribution is 2.12. The predicted molar refractivity (Wildman–Crippen MR) is 61.3 cm³/mol. The molecule has 3 amide bonds. The summed E-state index contributed by atoms with van der Waals surface area (Å²) in [7, 11) is 0. The lowest BCUT2D eigenvalue weighted by Crippen LogP contribution is -2.52. The number of hydrogen-bond acceptors (Lipinski definition) is 5. The van der Waals surface area contributed by atoms with Crippen molar-refractivity contribution >= 4 is 17.7 Å². The zero-order valence-corrected chi connectivity index (χ0v) is 10.3. The van der Waals surface area contributed by atoms with E-state index in [2.05, 4.69) is 5.32 Å². The van der Waals surface area contributed by atoms with Gasteiger partial charge < -0.3 is 15.5 Å². The first-order valence-electron chi connectivity index (χ1n) is 5.78. The van der Waals surface area contributed by atoms with E-state index in [1.165, 1.54) is 6.92 Å². The number of amides is 3. The van der Waals surface area contributed by atoms with Crippen molar-refractivity contribution in [3.05, 3.63) is 0 Å². The summed E-state index contributed by atoms with van der Waals surface area (Å²) in [6.07, 6.45) is 0.365. The molecule has 7 heteroatoms. The fourth-order valence-corrected chi connectivity index (χ4v) is 1.61. The molecule has 1 rings (SSSR count). The number of imide groups is 1. The third-order valence-electron chi connectivity index (χ3n) is 2.86. The van der Waals surface area contributed by atoms with Crippen molar-refractivity contribution in [3.63, 3.8) is 0 Å². The molecule has 0 bridgehead atoms. The third-order valence-corrected chi connectivity index (χ3v) is 2.86. The lowest BCUT2D eigenvalue weighted by Gasteiger charge is -2.26. The van der Waals surface area contributed by atoms with E-state index in [0.29, 0.717) is 0 Å². The number of hydrogen-bond donors (Lipinski definition) is 3. The summed E-state index contributed by atoms with van der Waals surface area (Å²) in [4.78, 5) is 35.2. The van der Waals surface area contributed by atoms with Gasteiger partial charge in [-0.3, -0.25) is 19.3 Å². The molecule has 102 valence electrons. The van der Waals surface area contributed by atoms with Crippen LogP contribution in [-0.4, -0.2) is 58.1 Å². The van der Waals surface area contributed by atoms with Gasteiger partial charge in [0.25, 0.3) is 0 Å². The van der Waals surface area contributed by atoms with Crippen LogP contribution in [-0.2, 0) is 14.4 Å². The predicted octanol–water partition coefficient (Wildman–Crippen LogP) is -1.61. The van der Waals surface area contributed by atoms with Gasteiger partial charge in [-0.1, -0.05) is 0 Å². The fraction of sp³-hybridized carbons (Fsp3) is 0.727. The number of carbonyl (C=O) groups excluding carboxylic acids is 3. The minimum absolute atomic E-state index is 0.0347. The maximum Gasteiger partial charge on any atom is 0.229 e. The van der Waals surface area contributed by atoms with Crippen LogP contribution >= 0.6 is 0 Å². The second-order valence-electron chi connectivity index (χ2n) is 4.61. The van der Waals surface area contributed by atoms with E-state index in [9.17, 15) is 14.4 Å². The molecule has 18 heavy (non-hydrogen) atoms. The van der Waals surface area contributed by atoms with Gasteiger partial charge in [0.1, 0.15) is 0 Å². The van der Waals surface area contributed by atoms with Crippen molar-refractivity contribution in [2.45, 2.75) is 31.7 Å². The van der Waals surface area contributed by atoms with Gasteiger partial charge in [-0.05, 0) is 6.92 Å². The smallest absolute Gasteiger partial charge is 0.229 e. The molecule has 1 heterocycles. The van der Waals surface area contributed by atoms with Crippen molar-refractivity contribution in [1.29, 1.82) is 0 Å². The van der Waals surface area contributed by atoms with Crippen LogP contribution in [0.3, 0.4) is 0 Å². The second kappa shape index (κ2) is 5.92. The Morgan fingerprint density at radius 3 is 2.22 bits per heavy atom. The summed E-state index contributed by atoms with van der Waals surface area (Å²) < 4.78 is 0. The zero-order valence-electron chi connectivity index (χ0n) is 10.3.